The molecule has 0 bridgehead atoms. The molecule has 0 saturated heterocycles. The van der Waals surface area contributed by atoms with Gasteiger partial charge in [-0.2, -0.15) is 5.10 Å². The molecule has 0 aliphatic heterocycles. The molecule has 0 atom stereocenters. The SMILES string of the molecule is COc1cccc(C(=O)N/N=C/c2ccc(OC(=O)c3sc4ccccc4c3Cl)cc2)c1. The van der Waals surface area contributed by atoms with Crippen molar-refractivity contribution in [1.29, 1.82) is 0 Å². The van der Waals surface area contributed by atoms with Gasteiger partial charge in [-0.15, -0.1) is 11.3 Å². The van der Waals surface area contributed by atoms with Crippen LogP contribution in [0.1, 0.15) is 25.6 Å². The lowest BCUT2D eigenvalue weighted by molar-refractivity contribution is 0.0739. The predicted octanol–water partition coefficient (Wildman–Crippen LogP) is 5.55. The fourth-order valence-electron chi connectivity index (χ4n) is 2.91. The van der Waals surface area contributed by atoms with Gasteiger partial charge in [0.05, 0.1) is 18.3 Å². The molecule has 1 N–H and O–H groups in total. The summed E-state index contributed by atoms with van der Waals surface area (Å²) in [6, 6.07) is 21.0. The van der Waals surface area contributed by atoms with Gasteiger partial charge in [0, 0.05) is 15.6 Å². The van der Waals surface area contributed by atoms with Crippen molar-refractivity contribution in [2.75, 3.05) is 7.11 Å². The Hall–Kier alpha value is -3.68. The molecule has 1 aromatic heterocycles. The number of nitrogens with one attached hydrogen (secondary N) is 1. The van der Waals surface area contributed by atoms with Crippen molar-refractivity contribution >= 4 is 51.1 Å². The number of thiophene rings is 1. The summed E-state index contributed by atoms with van der Waals surface area (Å²) in [5.74, 6) is 0.0962. The second-order valence-electron chi connectivity index (χ2n) is 6.63. The molecular weight excluding hydrogens is 448 g/mol. The second kappa shape index (κ2) is 9.64. The lowest BCUT2D eigenvalue weighted by Gasteiger charge is -2.04. The van der Waals surface area contributed by atoms with Crippen LogP contribution in [0, 0.1) is 0 Å². The van der Waals surface area contributed by atoms with Crippen LogP contribution < -0.4 is 14.9 Å². The molecule has 0 aliphatic rings. The van der Waals surface area contributed by atoms with Gasteiger partial charge in [0.1, 0.15) is 16.4 Å². The Morgan fingerprint density at radius 1 is 1.00 bits per heavy atom. The number of hydrazone groups is 1. The summed E-state index contributed by atoms with van der Waals surface area (Å²) in [4.78, 5) is 25.1. The zero-order chi connectivity index (χ0) is 22.5. The van der Waals surface area contributed by atoms with E-state index in [1.165, 1.54) is 24.7 Å². The molecule has 4 rings (SSSR count). The van der Waals surface area contributed by atoms with Crippen LogP contribution in [0.25, 0.3) is 10.1 Å². The van der Waals surface area contributed by atoms with Gasteiger partial charge >= 0.3 is 5.97 Å². The maximum atomic E-state index is 12.5. The molecule has 160 valence electrons. The number of esters is 1. The van der Waals surface area contributed by atoms with Gasteiger partial charge in [0.25, 0.3) is 5.91 Å². The molecule has 0 radical (unpaired) electrons. The topological polar surface area (TPSA) is 77.0 Å². The number of halogens is 1. The number of amides is 1. The van der Waals surface area contributed by atoms with Crippen LogP contribution in [0.3, 0.4) is 0 Å². The molecule has 0 aliphatic carbocycles. The van der Waals surface area contributed by atoms with Crippen LogP contribution in [0.5, 0.6) is 11.5 Å². The standard InChI is InChI=1S/C24H17ClN2O4S/c1-30-18-6-4-5-16(13-18)23(28)27-26-14-15-9-11-17(12-10-15)31-24(29)22-21(25)19-7-2-3-8-20(19)32-22/h2-14H,1H3,(H,27,28)/b26-14+. The van der Waals surface area contributed by atoms with E-state index in [0.29, 0.717) is 27.0 Å². The summed E-state index contributed by atoms with van der Waals surface area (Å²) in [6.07, 6.45) is 1.49. The minimum atomic E-state index is -0.511. The summed E-state index contributed by atoms with van der Waals surface area (Å²) in [7, 11) is 1.53. The normalized spacial score (nSPS) is 10.9. The number of rotatable bonds is 6. The zero-order valence-corrected chi connectivity index (χ0v) is 18.4. The van der Waals surface area contributed by atoms with Crippen molar-refractivity contribution in [2.45, 2.75) is 0 Å². The van der Waals surface area contributed by atoms with Crippen LogP contribution >= 0.6 is 22.9 Å². The van der Waals surface area contributed by atoms with Gasteiger partial charge in [-0.3, -0.25) is 4.79 Å². The molecule has 0 saturated carbocycles. The van der Waals surface area contributed by atoms with Gasteiger partial charge in [-0.05, 0) is 54.1 Å². The van der Waals surface area contributed by atoms with E-state index in [-0.39, 0.29) is 5.91 Å². The van der Waals surface area contributed by atoms with Crippen molar-refractivity contribution in [3.8, 4) is 11.5 Å². The van der Waals surface area contributed by atoms with E-state index in [1.807, 2.05) is 24.3 Å². The first-order valence-electron chi connectivity index (χ1n) is 9.52. The number of ether oxygens (including phenoxy) is 2. The fraction of sp³-hybridized carbons (Fsp3) is 0.0417. The Labute approximate surface area is 193 Å². The van der Waals surface area contributed by atoms with Gasteiger partial charge in [0.15, 0.2) is 0 Å². The minimum absolute atomic E-state index is 0.356. The quantitative estimate of drug-likeness (QED) is 0.176. The van der Waals surface area contributed by atoms with Crippen LogP contribution in [0.2, 0.25) is 5.02 Å². The first-order valence-corrected chi connectivity index (χ1v) is 10.7. The predicted molar refractivity (Wildman–Crippen MR) is 126 cm³/mol. The second-order valence-corrected chi connectivity index (χ2v) is 8.06. The molecule has 8 heteroatoms. The van der Waals surface area contributed by atoms with Crippen molar-refractivity contribution in [1.82, 2.24) is 5.43 Å². The number of benzene rings is 3. The minimum Gasteiger partial charge on any atom is -0.497 e. The molecule has 4 aromatic rings. The van der Waals surface area contributed by atoms with Crippen molar-refractivity contribution in [3.05, 3.63) is 93.8 Å². The third kappa shape index (κ3) is 4.80. The smallest absolute Gasteiger partial charge is 0.355 e. The first-order chi connectivity index (χ1) is 15.5. The summed E-state index contributed by atoms with van der Waals surface area (Å²) in [5, 5.41) is 5.18. The molecule has 0 fully saturated rings. The highest BCUT2D eigenvalue weighted by Gasteiger charge is 2.18. The van der Waals surface area contributed by atoms with Crippen LogP contribution in [0.15, 0.2) is 77.9 Å². The van der Waals surface area contributed by atoms with Crippen LogP contribution in [-0.2, 0) is 0 Å². The van der Waals surface area contributed by atoms with Gasteiger partial charge < -0.3 is 9.47 Å². The molecule has 0 spiro atoms. The number of fused-ring (bicyclic) bond motifs is 1. The van der Waals surface area contributed by atoms with Crippen molar-refractivity contribution < 1.29 is 19.1 Å². The number of nitrogens with zero attached hydrogens (tertiary/aromatic N) is 1. The van der Waals surface area contributed by atoms with E-state index in [9.17, 15) is 9.59 Å². The zero-order valence-electron chi connectivity index (χ0n) is 16.9. The molecule has 3 aromatic carbocycles. The number of carbonyl (C=O) groups is 2. The van der Waals surface area contributed by atoms with Crippen molar-refractivity contribution in [2.24, 2.45) is 5.10 Å². The largest absolute Gasteiger partial charge is 0.497 e. The lowest BCUT2D eigenvalue weighted by atomic mass is 10.2. The van der Waals surface area contributed by atoms with E-state index in [1.54, 1.807) is 48.5 Å². The van der Waals surface area contributed by atoms with E-state index in [2.05, 4.69) is 10.5 Å². The molecule has 32 heavy (non-hydrogen) atoms. The average molecular weight is 465 g/mol. The number of hydrogen-bond acceptors (Lipinski definition) is 6. The summed E-state index contributed by atoms with van der Waals surface area (Å²) in [5.41, 5.74) is 3.61. The highest BCUT2D eigenvalue weighted by molar-refractivity contribution is 7.21. The lowest BCUT2D eigenvalue weighted by Crippen LogP contribution is -2.17. The van der Waals surface area contributed by atoms with Crippen LogP contribution in [-0.4, -0.2) is 25.2 Å². The number of methoxy groups -OCH3 is 1. The average Bonchev–Trinajstić information content (AvgIpc) is 3.17. The summed E-state index contributed by atoms with van der Waals surface area (Å²) < 4.78 is 11.5. The monoisotopic (exact) mass is 464 g/mol. The Bertz CT molecular complexity index is 1320. The fourth-order valence-corrected chi connectivity index (χ4v) is 4.30. The Morgan fingerprint density at radius 2 is 1.78 bits per heavy atom. The third-order valence-electron chi connectivity index (χ3n) is 4.52. The van der Waals surface area contributed by atoms with E-state index >= 15 is 0 Å². The van der Waals surface area contributed by atoms with E-state index < -0.39 is 5.97 Å². The van der Waals surface area contributed by atoms with Crippen LogP contribution in [0.4, 0.5) is 0 Å². The highest BCUT2D eigenvalue weighted by Crippen LogP contribution is 2.35. The van der Waals surface area contributed by atoms with Gasteiger partial charge in [0.2, 0.25) is 0 Å². The maximum absolute atomic E-state index is 12.5. The summed E-state index contributed by atoms with van der Waals surface area (Å²) >= 11 is 7.63. The highest BCUT2D eigenvalue weighted by atomic mass is 35.5. The molecule has 1 heterocycles. The Kier molecular flexibility index (Phi) is 6.49. The Balaban J connectivity index is 1.37. The Morgan fingerprint density at radius 3 is 2.53 bits per heavy atom. The van der Waals surface area contributed by atoms with E-state index in [0.717, 1.165) is 15.6 Å². The molecule has 1 amide bonds. The molecule has 0 unspecified atom stereocenters. The number of carbonyl (C=O) groups excluding carboxylic acids is 2. The van der Waals surface area contributed by atoms with Gasteiger partial charge in [-0.1, -0.05) is 35.9 Å². The first kappa shape index (κ1) is 21.5. The molecular formula is C24H17ClN2O4S. The maximum Gasteiger partial charge on any atom is 0.355 e. The third-order valence-corrected chi connectivity index (χ3v) is 6.18. The van der Waals surface area contributed by atoms with Crippen molar-refractivity contribution in [3.63, 3.8) is 0 Å². The summed E-state index contributed by atoms with van der Waals surface area (Å²) in [6.45, 7) is 0. The number of hydrogen-bond donors (Lipinski definition) is 1. The van der Waals surface area contributed by atoms with Gasteiger partial charge in [-0.25, -0.2) is 10.2 Å². The molecule has 6 nitrogen and oxygen atoms in total. The van der Waals surface area contributed by atoms with E-state index in [4.69, 9.17) is 21.1 Å².